The van der Waals surface area contributed by atoms with Gasteiger partial charge in [-0.2, -0.15) is 30.5 Å². The van der Waals surface area contributed by atoms with Crippen LogP contribution in [0, 0.1) is 12.1 Å². The van der Waals surface area contributed by atoms with Crippen molar-refractivity contribution in [3.63, 3.8) is 0 Å². The number of aromatic amines is 1. The van der Waals surface area contributed by atoms with Crippen molar-refractivity contribution in [2.75, 3.05) is 13.7 Å². The first-order valence-electron chi connectivity index (χ1n) is 7.31. The van der Waals surface area contributed by atoms with Gasteiger partial charge in [0.15, 0.2) is 12.4 Å². The Labute approximate surface area is 168 Å². The molecule has 7 nitrogen and oxygen atoms in total. The number of ether oxygens (including phenoxy) is 2. The number of rotatable bonds is 4. The van der Waals surface area contributed by atoms with Crippen LogP contribution in [0.25, 0.3) is 0 Å². The Bertz CT molecular complexity index is 811. The number of aliphatic hydroxyl groups excluding tert-OH is 1. The Morgan fingerprint density at radius 3 is 2.92 bits per heavy atom. The van der Waals surface area contributed by atoms with E-state index in [4.69, 9.17) is 9.47 Å². The Hall–Kier alpha value is -1.19. The minimum atomic E-state index is -1.75. The fourth-order valence-electron chi connectivity index (χ4n) is 2.44. The number of hydrogen-bond acceptors (Lipinski definition) is 5. The van der Waals surface area contributed by atoms with Crippen molar-refractivity contribution in [3.8, 4) is 0 Å². The van der Waals surface area contributed by atoms with E-state index in [-0.39, 0.29) is 44.8 Å². The molecule has 4 atom stereocenters. The number of hydrogen-bond donors (Lipinski definition) is 2. The van der Waals surface area contributed by atoms with E-state index in [2.05, 4.69) is 22.1 Å². The molecule has 1 aliphatic rings. The normalized spacial score (nSPS) is 26.4. The van der Waals surface area contributed by atoms with E-state index < -0.39 is 30.3 Å². The molecule has 2 heterocycles. The van der Waals surface area contributed by atoms with Gasteiger partial charge in [-0.25, -0.2) is 9.18 Å². The number of aliphatic hydroxyl groups is 1. The van der Waals surface area contributed by atoms with E-state index in [0.29, 0.717) is 5.69 Å². The number of H-pyrrole nitrogens is 1. The summed E-state index contributed by atoms with van der Waals surface area (Å²) in [5, 5.41) is 9.82. The van der Waals surface area contributed by atoms with Gasteiger partial charge in [-0.3, -0.25) is 4.99 Å². The monoisotopic (exact) mass is 422 g/mol. The summed E-state index contributed by atoms with van der Waals surface area (Å²) in [6, 6.07) is 12.6. The molecule has 25 heavy (non-hydrogen) atoms. The molecular weight excluding hydrogens is 406 g/mol. The number of halogens is 1. The molecule has 2 N–H and O–H groups in total. The third-order valence-electron chi connectivity index (χ3n) is 3.62. The molecule has 0 amide bonds. The number of benzene rings is 1. The van der Waals surface area contributed by atoms with Crippen molar-refractivity contribution in [3.05, 3.63) is 58.6 Å². The van der Waals surface area contributed by atoms with E-state index in [0.717, 1.165) is 4.57 Å². The predicted octanol–water partition coefficient (Wildman–Crippen LogP) is 0.249. The molecule has 1 unspecified atom stereocenters. The van der Waals surface area contributed by atoms with Crippen LogP contribution >= 0.6 is 0 Å². The van der Waals surface area contributed by atoms with Gasteiger partial charge in [0.2, 0.25) is 0 Å². The van der Waals surface area contributed by atoms with Gasteiger partial charge in [-0.15, -0.1) is 6.07 Å². The Morgan fingerprint density at radius 1 is 1.48 bits per heavy atom. The third kappa shape index (κ3) is 4.51. The molecule has 9 heteroatoms. The molecule has 1 fully saturated rings. The van der Waals surface area contributed by atoms with Gasteiger partial charge in [0.25, 0.3) is 0 Å². The van der Waals surface area contributed by atoms with Crippen LogP contribution in [0.4, 0.5) is 10.1 Å². The SMILES string of the molecule is COC[C@H]1O[C@@H](n2c[c-]c(=Nc3[c-]cccc3)[nH]c2=O)C(F)[C@H]1O.[Y]. The van der Waals surface area contributed by atoms with Crippen molar-refractivity contribution in [1.82, 2.24) is 9.55 Å². The number of nitrogens with one attached hydrogen (secondary N) is 1. The maximum absolute atomic E-state index is 14.2. The van der Waals surface area contributed by atoms with E-state index in [1.807, 2.05) is 0 Å². The molecule has 2 aromatic rings. The molecule has 3 rings (SSSR count). The van der Waals surface area contributed by atoms with Crippen LogP contribution in [0.2, 0.25) is 0 Å². The minimum Gasteiger partial charge on any atom is -0.410 e. The van der Waals surface area contributed by atoms with Gasteiger partial charge in [-0.1, -0.05) is 5.69 Å². The molecule has 1 radical (unpaired) electrons. The van der Waals surface area contributed by atoms with Gasteiger partial charge in [-0.05, 0) is 5.49 Å². The van der Waals surface area contributed by atoms with E-state index >= 15 is 0 Å². The molecule has 0 spiro atoms. The molecule has 1 aromatic carbocycles. The zero-order valence-electron chi connectivity index (χ0n) is 13.4. The second kappa shape index (κ2) is 8.96. The van der Waals surface area contributed by atoms with Crippen LogP contribution < -0.4 is 11.2 Å². The number of aromatic nitrogens is 2. The van der Waals surface area contributed by atoms with Crippen LogP contribution in [-0.4, -0.2) is 46.8 Å². The van der Waals surface area contributed by atoms with Crippen molar-refractivity contribution in [1.29, 1.82) is 0 Å². The first kappa shape index (κ1) is 20.1. The molecule has 1 aromatic heterocycles. The molecule has 0 saturated carbocycles. The van der Waals surface area contributed by atoms with Crippen LogP contribution in [0.5, 0.6) is 0 Å². The summed E-state index contributed by atoms with van der Waals surface area (Å²) in [4.78, 5) is 18.8. The fourth-order valence-corrected chi connectivity index (χ4v) is 2.44. The number of nitrogens with zero attached hydrogens (tertiary/aromatic N) is 2. The van der Waals surface area contributed by atoms with Crippen LogP contribution in [0.3, 0.4) is 0 Å². The maximum atomic E-state index is 14.2. The van der Waals surface area contributed by atoms with Crippen molar-refractivity contribution in [2.24, 2.45) is 4.99 Å². The van der Waals surface area contributed by atoms with Gasteiger partial charge in [0.05, 0.1) is 6.61 Å². The first-order chi connectivity index (χ1) is 11.6. The average Bonchev–Trinajstić information content (AvgIpc) is 2.85. The standard InChI is InChI=1S/C16H16FN3O4.Y/c1-23-9-11-14(21)13(17)15(24-11)20-8-7-12(19-16(20)22)18-10-5-3-2-4-6-10;/h2-5,8,11,13-15,21H,9H2,1H3,(H,18,19,22);/q-2;/t11-,13?,14+,15-;/m1./s1. The van der Waals surface area contributed by atoms with Crippen molar-refractivity contribution >= 4 is 5.69 Å². The van der Waals surface area contributed by atoms with Gasteiger partial charge < -0.3 is 30.2 Å². The molecular formula is C16H16FN3O4Y-2. The summed E-state index contributed by atoms with van der Waals surface area (Å²) in [5.74, 6) is 0. The molecule has 1 saturated heterocycles. The summed E-state index contributed by atoms with van der Waals surface area (Å²) >= 11 is 0. The average molecular weight is 422 g/mol. The predicted molar refractivity (Wildman–Crippen MR) is 81.1 cm³/mol. The van der Waals surface area contributed by atoms with E-state index in [9.17, 15) is 14.3 Å². The van der Waals surface area contributed by atoms with Gasteiger partial charge in [0.1, 0.15) is 12.2 Å². The molecule has 0 aliphatic carbocycles. The Morgan fingerprint density at radius 2 is 2.28 bits per heavy atom. The Kier molecular flexibility index (Phi) is 7.21. The zero-order chi connectivity index (χ0) is 17.1. The van der Waals surface area contributed by atoms with Crippen LogP contribution in [0.1, 0.15) is 6.23 Å². The second-order valence-electron chi connectivity index (χ2n) is 5.27. The number of methoxy groups -OCH3 is 1. The van der Waals surface area contributed by atoms with E-state index in [1.165, 1.54) is 13.3 Å². The Balaban J connectivity index is 0.00000225. The van der Waals surface area contributed by atoms with Crippen molar-refractivity contribution in [2.45, 2.75) is 24.6 Å². The summed E-state index contributed by atoms with van der Waals surface area (Å²) in [5.41, 5.74) is 0.0839. The maximum Gasteiger partial charge on any atom is 0.324 e. The van der Waals surface area contributed by atoms with Gasteiger partial charge in [0, 0.05) is 39.8 Å². The smallest absolute Gasteiger partial charge is 0.324 e. The number of para-hydroxylation sites is 1. The molecule has 1 aliphatic heterocycles. The summed E-state index contributed by atoms with van der Waals surface area (Å²) in [6.07, 6.45) is -3.97. The largest absolute Gasteiger partial charge is 0.410 e. The quantitative estimate of drug-likeness (QED) is 0.692. The molecule has 0 bridgehead atoms. The topological polar surface area (TPSA) is 88.8 Å². The van der Waals surface area contributed by atoms with Crippen LogP contribution in [0.15, 0.2) is 40.2 Å². The minimum absolute atomic E-state index is 0. The zero-order valence-corrected chi connectivity index (χ0v) is 16.3. The van der Waals surface area contributed by atoms with Crippen molar-refractivity contribution < 1.29 is 51.7 Å². The fraction of sp³-hybridized carbons (Fsp3) is 0.375. The summed E-state index contributed by atoms with van der Waals surface area (Å²) in [7, 11) is 1.42. The third-order valence-corrected chi connectivity index (χ3v) is 3.62. The second-order valence-corrected chi connectivity index (χ2v) is 5.27. The first-order valence-corrected chi connectivity index (χ1v) is 7.31. The summed E-state index contributed by atoms with van der Waals surface area (Å²) in [6.45, 7) is 0.0253. The van der Waals surface area contributed by atoms with Crippen LogP contribution in [-0.2, 0) is 42.2 Å². The van der Waals surface area contributed by atoms with Gasteiger partial charge >= 0.3 is 5.69 Å². The van der Waals surface area contributed by atoms with E-state index in [1.54, 1.807) is 24.3 Å². The summed E-state index contributed by atoms with van der Waals surface area (Å²) < 4.78 is 25.5. The number of alkyl halides is 1. The molecule has 131 valence electrons.